The molecule has 0 spiro atoms. The maximum absolute atomic E-state index is 12.5. The number of allylic oxidation sites excluding steroid dienone is 1. The van der Waals surface area contributed by atoms with Crippen LogP contribution in [0.25, 0.3) is 34.2 Å². The van der Waals surface area contributed by atoms with E-state index in [1.807, 2.05) is 42.6 Å². The molecule has 9 heteroatoms. The van der Waals surface area contributed by atoms with Crippen LogP contribution in [0.15, 0.2) is 64.9 Å². The Bertz CT molecular complexity index is 1470. The van der Waals surface area contributed by atoms with Crippen molar-refractivity contribution in [3.63, 3.8) is 0 Å². The van der Waals surface area contributed by atoms with E-state index in [1.165, 1.54) is 11.3 Å². The number of halogens is 1. The Morgan fingerprint density at radius 1 is 1.16 bits per heavy atom. The van der Waals surface area contributed by atoms with Gasteiger partial charge in [-0.1, -0.05) is 30.3 Å². The van der Waals surface area contributed by atoms with Gasteiger partial charge >= 0.3 is 5.97 Å². The van der Waals surface area contributed by atoms with Gasteiger partial charge in [-0.3, -0.25) is 0 Å². The molecule has 0 atom stereocenters. The number of thiophene rings is 1. The highest BCUT2D eigenvalue weighted by molar-refractivity contribution is 7.12. The third-order valence-corrected chi connectivity index (χ3v) is 6.87. The fraction of sp³-hybridized carbons (Fsp3) is 0.179. The first-order chi connectivity index (χ1) is 17.8. The minimum atomic E-state index is -0.400. The Morgan fingerprint density at radius 3 is 2.49 bits per heavy atom. The van der Waals surface area contributed by atoms with Crippen LogP contribution in [0.2, 0.25) is 5.02 Å². The number of carbonyl (C=O) groups excluding carboxylic acids is 1. The van der Waals surface area contributed by atoms with Crippen molar-refractivity contribution in [3.05, 3.63) is 87.1 Å². The Hall–Kier alpha value is -3.88. The predicted molar refractivity (Wildman–Crippen MR) is 147 cm³/mol. The molecule has 0 bridgehead atoms. The molecule has 37 heavy (non-hydrogen) atoms. The summed E-state index contributed by atoms with van der Waals surface area (Å²) in [7, 11) is 0. The van der Waals surface area contributed by atoms with Crippen molar-refractivity contribution in [3.8, 4) is 28.7 Å². The van der Waals surface area contributed by atoms with E-state index in [2.05, 4.69) is 16.8 Å². The lowest BCUT2D eigenvalue weighted by atomic mass is 10.0. The third-order valence-electron chi connectivity index (χ3n) is 5.55. The van der Waals surface area contributed by atoms with Crippen molar-refractivity contribution >= 4 is 40.2 Å². The molecule has 0 unspecified atom stereocenters. The van der Waals surface area contributed by atoms with Crippen molar-refractivity contribution in [2.24, 2.45) is 5.73 Å². The average Bonchev–Trinajstić information content (AvgIpc) is 3.53. The Labute approximate surface area is 224 Å². The molecule has 0 aliphatic heterocycles. The first kappa shape index (κ1) is 26.2. The van der Waals surface area contributed by atoms with Crippen LogP contribution < -0.4 is 10.5 Å². The average molecular weight is 536 g/mol. The van der Waals surface area contributed by atoms with Crippen LogP contribution >= 0.6 is 22.9 Å². The summed E-state index contributed by atoms with van der Waals surface area (Å²) in [6.45, 7) is 9.93. The Kier molecular flexibility index (Phi) is 8.11. The number of hydrogen-bond donors (Lipinski definition) is 1. The molecule has 0 saturated heterocycles. The lowest BCUT2D eigenvalue weighted by molar-refractivity contribution is -0.136. The molecule has 2 aromatic heterocycles. The number of nitrogens with two attached hydrogens (primary N) is 1. The van der Waals surface area contributed by atoms with Gasteiger partial charge in [-0.05, 0) is 68.1 Å². The smallest absolute Gasteiger partial charge is 0.339 e. The van der Waals surface area contributed by atoms with Crippen LogP contribution in [-0.4, -0.2) is 22.8 Å². The first-order valence-corrected chi connectivity index (χ1v) is 12.8. The third kappa shape index (κ3) is 5.76. The minimum absolute atomic E-state index is 0.228. The number of rotatable bonds is 9. The van der Waals surface area contributed by atoms with E-state index in [4.69, 9.17) is 31.2 Å². The van der Waals surface area contributed by atoms with E-state index in [0.29, 0.717) is 44.3 Å². The van der Waals surface area contributed by atoms with Crippen molar-refractivity contribution in [1.82, 2.24) is 10.2 Å². The minimum Gasteiger partial charge on any atom is -0.489 e. The highest BCUT2D eigenvalue weighted by Crippen LogP contribution is 2.35. The molecule has 2 heterocycles. The van der Waals surface area contributed by atoms with Crippen molar-refractivity contribution in [1.29, 1.82) is 0 Å². The summed E-state index contributed by atoms with van der Waals surface area (Å²) in [5.74, 6) is 1.02. The van der Waals surface area contributed by atoms with Gasteiger partial charge in [0, 0.05) is 33.0 Å². The zero-order valence-electron chi connectivity index (χ0n) is 20.7. The molecule has 2 aromatic carbocycles. The number of aromatic nitrogens is 2. The summed E-state index contributed by atoms with van der Waals surface area (Å²) in [5, 5.41) is 10.9. The van der Waals surface area contributed by atoms with E-state index in [9.17, 15) is 4.79 Å². The van der Waals surface area contributed by atoms with E-state index in [-0.39, 0.29) is 13.2 Å². The van der Waals surface area contributed by atoms with Gasteiger partial charge in [0.2, 0.25) is 11.8 Å². The van der Waals surface area contributed by atoms with Crippen LogP contribution in [0.5, 0.6) is 5.75 Å². The normalized spacial score (nSPS) is 11.4. The monoisotopic (exact) mass is 535 g/mol. The number of carbonyl (C=O) groups is 1. The second-order valence-electron chi connectivity index (χ2n) is 8.10. The highest BCUT2D eigenvalue weighted by atomic mass is 35.5. The topological polar surface area (TPSA) is 100 Å². The fourth-order valence-corrected chi connectivity index (χ4v) is 4.97. The zero-order chi connectivity index (χ0) is 26.5. The van der Waals surface area contributed by atoms with Crippen molar-refractivity contribution in [2.45, 2.75) is 27.4 Å². The molecule has 4 rings (SSSR count). The quantitative estimate of drug-likeness (QED) is 0.184. The van der Waals surface area contributed by atoms with Gasteiger partial charge in [0.15, 0.2) is 0 Å². The van der Waals surface area contributed by atoms with Gasteiger partial charge in [0.1, 0.15) is 12.4 Å². The van der Waals surface area contributed by atoms with Crippen LogP contribution in [0, 0.1) is 6.92 Å². The highest BCUT2D eigenvalue weighted by Gasteiger charge is 2.22. The van der Waals surface area contributed by atoms with Crippen LogP contribution in [0.3, 0.4) is 0 Å². The van der Waals surface area contributed by atoms with Crippen molar-refractivity contribution in [2.75, 3.05) is 6.61 Å². The number of aryl methyl sites for hydroxylation is 1. The summed E-state index contributed by atoms with van der Waals surface area (Å²) < 4.78 is 17.3. The largest absolute Gasteiger partial charge is 0.489 e. The van der Waals surface area contributed by atoms with E-state index < -0.39 is 5.97 Å². The number of hydrogen-bond acceptors (Lipinski definition) is 8. The summed E-state index contributed by atoms with van der Waals surface area (Å²) in [6.07, 6.45) is 1.72. The van der Waals surface area contributed by atoms with Crippen LogP contribution in [0.4, 0.5) is 0 Å². The molecule has 0 fully saturated rings. The number of benzene rings is 2. The van der Waals surface area contributed by atoms with Crippen LogP contribution in [0.1, 0.15) is 35.4 Å². The molecule has 7 nitrogen and oxygen atoms in total. The predicted octanol–water partition coefficient (Wildman–Crippen LogP) is 6.90. The summed E-state index contributed by atoms with van der Waals surface area (Å²) in [4.78, 5) is 13.2. The Balaban J connectivity index is 1.57. The summed E-state index contributed by atoms with van der Waals surface area (Å²) in [5.41, 5.74) is 10.9. The van der Waals surface area contributed by atoms with E-state index in [0.717, 1.165) is 22.3 Å². The summed E-state index contributed by atoms with van der Waals surface area (Å²) >= 11 is 7.37. The molecule has 0 amide bonds. The standard InChI is InChI=1S/C28H26ClN3O4S/c1-5-22(28(33)34-6-2)25-24(17(4)30)20(15-37-25)14-35-23-13-19(8-7-16(23)3)27-32-31-26(36-27)18-9-11-21(29)12-10-18/h5,7-13,15H,4,6,14,30H2,1-3H3/b22-5+. The van der Waals surface area contributed by atoms with Gasteiger partial charge in [-0.2, -0.15) is 0 Å². The molecule has 190 valence electrons. The maximum atomic E-state index is 12.5. The SMILES string of the molecule is C=C(N)c1c(COc2cc(-c3nnc(-c4ccc(Cl)cc4)o3)ccc2C)csc1/C(=C\C)C(=O)OCC. The lowest BCUT2D eigenvalue weighted by Crippen LogP contribution is -2.09. The van der Waals surface area contributed by atoms with E-state index in [1.54, 1.807) is 32.1 Å². The summed E-state index contributed by atoms with van der Waals surface area (Å²) in [6, 6.07) is 12.9. The molecule has 4 aromatic rings. The second kappa shape index (κ2) is 11.5. The lowest BCUT2D eigenvalue weighted by Gasteiger charge is -2.12. The number of esters is 1. The van der Waals surface area contributed by atoms with Gasteiger partial charge in [-0.15, -0.1) is 21.5 Å². The molecule has 0 saturated carbocycles. The fourth-order valence-electron chi connectivity index (χ4n) is 3.69. The molecule has 0 aliphatic rings. The first-order valence-electron chi connectivity index (χ1n) is 11.5. The molecule has 0 radical (unpaired) electrons. The van der Waals surface area contributed by atoms with Gasteiger partial charge in [0.05, 0.1) is 17.1 Å². The molecule has 2 N–H and O–H groups in total. The van der Waals surface area contributed by atoms with Gasteiger partial charge in [0.25, 0.3) is 0 Å². The van der Waals surface area contributed by atoms with Crippen molar-refractivity contribution < 1.29 is 18.7 Å². The number of ether oxygens (including phenoxy) is 2. The molecular formula is C28H26ClN3O4S. The van der Waals surface area contributed by atoms with Crippen LogP contribution in [-0.2, 0) is 16.1 Å². The maximum Gasteiger partial charge on any atom is 0.339 e. The van der Waals surface area contributed by atoms with Gasteiger partial charge in [-0.25, -0.2) is 4.79 Å². The molecular weight excluding hydrogens is 510 g/mol. The number of nitrogens with zero attached hydrogens (tertiary/aromatic N) is 2. The Morgan fingerprint density at radius 2 is 1.84 bits per heavy atom. The second-order valence-corrected chi connectivity index (χ2v) is 9.42. The molecule has 0 aliphatic carbocycles. The zero-order valence-corrected chi connectivity index (χ0v) is 22.3. The van der Waals surface area contributed by atoms with E-state index >= 15 is 0 Å². The van der Waals surface area contributed by atoms with Gasteiger partial charge < -0.3 is 19.6 Å².